The molecule has 0 fully saturated rings. The molecule has 1 heterocycles. The van der Waals surface area contributed by atoms with Gasteiger partial charge in [-0.25, -0.2) is 4.79 Å². The summed E-state index contributed by atoms with van der Waals surface area (Å²) in [5.41, 5.74) is 7.11. The van der Waals surface area contributed by atoms with E-state index in [1.165, 1.54) is 0 Å². The van der Waals surface area contributed by atoms with Crippen molar-refractivity contribution in [3.05, 3.63) is 66.0 Å². The number of hydrogen-bond donors (Lipinski definition) is 2. The van der Waals surface area contributed by atoms with Crippen molar-refractivity contribution in [3.63, 3.8) is 0 Å². The molecule has 0 aliphatic heterocycles. The number of rotatable bonds is 8. The Morgan fingerprint density at radius 2 is 1.61 bits per heavy atom. The maximum Gasteiger partial charge on any atom is 0.312 e. The Morgan fingerprint density at radius 1 is 1.00 bits per heavy atom. The van der Waals surface area contributed by atoms with Crippen LogP contribution in [0.1, 0.15) is 50.7 Å². The molecule has 1 aromatic heterocycles. The molecule has 2 unspecified atom stereocenters. The minimum absolute atomic E-state index is 0.0122. The Morgan fingerprint density at radius 3 is 2.11 bits per heavy atom. The van der Waals surface area contributed by atoms with Crippen molar-refractivity contribution in [1.82, 2.24) is 15.2 Å². The molecule has 3 amide bonds. The number of carbonyl (C=O) groups excluding carboxylic acids is 2. The van der Waals surface area contributed by atoms with Crippen LogP contribution in [0.15, 0.2) is 54.9 Å². The van der Waals surface area contributed by atoms with Crippen LogP contribution in [0.4, 0.5) is 4.79 Å². The number of hydrogen-bond acceptors (Lipinski definition) is 3. The van der Waals surface area contributed by atoms with Gasteiger partial charge in [-0.2, -0.15) is 0 Å². The van der Waals surface area contributed by atoms with Crippen molar-refractivity contribution in [2.24, 2.45) is 5.73 Å². The monoisotopic (exact) mass is 382 g/mol. The summed E-state index contributed by atoms with van der Waals surface area (Å²) in [6.45, 7) is 8.30. The lowest BCUT2D eigenvalue weighted by Gasteiger charge is -2.37. The predicted molar refractivity (Wildman–Crippen MR) is 111 cm³/mol. The van der Waals surface area contributed by atoms with Crippen LogP contribution in [-0.2, 0) is 4.79 Å². The second-order valence-corrected chi connectivity index (χ2v) is 7.46. The Bertz CT molecular complexity index is 755. The largest absolute Gasteiger partial charge is 0.352 e. The van der Waals surface area contributed by atoms with Crippen molar-refractivity contribution in [2.75, 3.05) is 6.54 Å². The number of aromatic nitrogens is 1. The second-order valence-electron chi connectivity index (χ2n) is 7.46. The van der Waals surface area contributed by atoms with Crippen LogP contribution in [-0.4, -0.2) is 40.5 Å². The molecule has 0 aliphatic rings. The highest BCUT2D eigenvalue weighted by atomic mass is 16.2. The fourth-order valence-corrected chi connectivity index (χ4v) is 3.71. The summed E-state index contributed by atoms with van der Waals surface area (Å²) in [5.74, 6) is -0.753. The predicted octanol–water partition coefficient (Wildman–Crippen LogP) is 3.26. The van der Waals surface area contributed by atoms with Gasteiger partial charge in [0.05, 0.1) is 5.92 Å². The van der Waals surface area contributed by atoms with Crippen LogP contribution in [0.5, 0.6) is 0 Å². The van der Waals surface area contributed by atoms with E-state index < -0.39 is 11.9 Å². The smallest absolute Gasteiger partial charge is 0.312 e. The highest BCUT2D eigenvalue weighted by Gasteiger charge is 2.36. The van der Waals surface area contributed by atoms with E-state index in [1.807, 2.05) is 75.1 Å². The molecule has 2 aromatic rings. The van der Waals surface area contributed by atoms with Gasteiger partial charge >= 0.3 is 6.03 Å². The van der Waals surface area contributed by atoms with Gasteiger partial charge < -0.3 is 16.0 Å². The molecule has 28 heavy (non-hydrogen) atoms. The van der Waals surface area contributed by atoms with Gasteiger partial charge in [0, 0.05) is 36.9 Å². The van der Waals surface area contributed by atoms with E-state index in [4.69, 9.17) is 5.73 Å². The quantitative estimate of drug-likeness (QED) is 0.734. The first kappa shape index (κ1) is 21.4. The summed E-state index contributed by atoms with van der Waals surface area (Å²) in [7, 11) is 0. The van der Waals surface area contributed by atoms with E-state index in [9.17, 15) is 9.59 Å². The molecule has 150 valence electrons. The standard InChI is InChI=1S/C22H30N4O2/c1-15(2)26(16(3)4)21(27)20(18-11-8-12-24-13-18)19(14-25-22(23)28)17-9-6-5-7-10-17/h5-13,15-16,19-20H,14H2,1-4H3,(H3,23,25,28). The Kier molecular flexibility index (Phi) is 7.55. The highest BCUT2D eigenvalue weighted by Crippen LogP contribution is 2.35. The fourth-order valence-electron chi connectivity index (χ4n) is 3.71. The van der Waals surface area contributed by atoms with Crippen LogP contribution in [0.3, 0.4) is 0 Å². The summed E-state index contributed by atoms with van der Waals surface area (Å²) in [6.07, 6.45) is 3.41. The zero-order valence-corrected chi connectivity index (χ0v) is 17.0. The molecular formula is C22H30N4O2. The minimum Gasteiger partial charge on any atom is -0.352 e. The summed E-state index contributed by atoms with van der Waals surface area (Å²) in [4.78, 5) is 31.3. The highest BCUT2D eigenvalue weighted by molar-refractivity contribution is 5.85. The van der Waals surface area contributed by atoms with E-state index >= 15 is 0 Å². The van der Waals surface area contributed by atoms with Crippen LogP contribution in [0, 0.1) is 0 Å². The third-order valence-electron chi connectivity index (χ3n) is 4.80. The van der Waals surface area contributed by atoms with E-state index in [2.05, 4.69) is 10.3 Å². The normalized spacial score (nSPS) is 13.2. The average Bonchev–Trinajstić information content (AvgIpc) is 2.65. The zero-order valence-electron chi connectivity index (χ0n) is 17.0. The number of pyridine rings is 1. The van der Waals surface area contributed by atoms with Gasteiger partial charge in [-0.15, -0.1) is 0 Å². The first-order valence-electron chi connectivity index (χ1n) is 9.63. The number of carbonyl (C=O) groups is 2. The first-order valence-corrected chi connectivity index (χ1v) is 9.63. The molecule has 0 aliphatic carbocycles. The van der Waals surface area contributed by atoms with Crippen LogP contribution in [0.25, 0.3) is 0 Å². The molecule has 1 aromatic carbocycles. The van der Waals surface area contributed by atoms with Gasteiger partial charge in [0.15, 0.2) is 0 Å². The fraction of sp³-hybridized carbons (Fsp3) is 0.409. The molecule has 6 nitrogen and oxygen atoms in total. The maximum absolute atomic E-state index is 13.7. The van der Waals surface area contributed by atoms with Crippen LogP contribution < -0.4 is 11.1 Å². The van der Waals surface area contributed by atoms with E-state index in [-0.39, 0.29) is 30.5 Å². The lowest BCUT2D eigenvalue weighted by Crippen LogP contribution is -2.47. The van der Waals surface area contributed by atoms with Gasteiger partial charge in [0.2, 0.25) is 5.91 Å². The van der Waals surface area contributed by atoms with E-state index in [0.29, 0.717) is 0 Å². The molecule has 0 radical (unpaired) electrons. The maximum atomic E-state index is 13.7. The van der Waals surface area contributed by atoms with Crippen LogP contribution in [0.2, 0.25) is 0 Å². The molecule has 0 spiro atoms. The third kappa shape index (κ3) is 5.31. The summed E-state index contributed by atoms with van der Waals surface area (Å²) >= 11 is 0. The Labute approximate surface area is 167 Å². The van der Waals surface area contributed by atoms with Gasteiger partial charge in [-0.3, -0.25) is 9.78 Å². The van der Waals surface area contributed by atoms with Gasteiger partial charge in [-0.1, -0.05) is 36.4 Å². The third-order valence-corrected chi connectivity index (χ3v) is 4.80. The molecule has 0 saturated heterocycles. The van der Waals surface area contributed by atoms with Gasteiger partial charge in [0.25, 0.3) is 0 Å². The molecule has 3 N–H and O–H groups in total. The molecular weight excluding hydrogens is 352 g/mol. The van der Waals surface area contributed by atoms with E-state index in [0.717, 1.165) is 11.1 Å². The Hall–Kier alpha value is -2.89. The number of amides is 3. The van der Waals surface area contributed by atoms with Gasteiger partial charge in [-0.05, 0) is 44.9 Å². The summed E-state index contributed by atoms with van der Waals surface area (Å²) < 4.78 is 0. The summed E-state index contributed by atoms with van der Waals surface area (Å²) in [5, 5.41) is 2.69. The van der Waals surface area contributed by atoms with Crippen molar-refractivity contribution in [2.45, 2.75) is 51.6 Å². The molecule has 0 bridgehead atoms. The minimum atomic E-state index is -0.608. The average molecular weight is 383 g/mol. The molecule has 2 atom stereocenters. The molecule has 6 heteroatoms. The van der Waals surface area contributed by atoms with Crippen molar-refractivity contribution in [1.29, 1.82) is 0 Å². The number of benzene rings is 1. The number of primary amides is 1. The van der Waals surface area contributed by atoms with E-state index in [1.54, 1.807) is 12.4 Å². The topological polar surface area (TPSA) is 88.3 Å². The molecule has 2 rings (SSSR count). The Balaban J connectivity index is 2.56. The molecule has 0 saturated carbocycles. The lowest BCUT2D eigenvalue weighted by atomic mass is 9.80. The number of nitrogens with zero attached hydrogens (tertiary/aromatic N) is 2. The second kappa shape index (κ2) is 9.88. The van der Waals surface area contributed by atoms with Crippen LogP contribution >= 0.6 is 0 Å². The number of nitrogens with one attached hydrogen (secondary N) is 1. The number of urea groups is 1. The van der Waals surface area contributed by atoms with Gasteiger partial charge in [0.1, 0.15) is 0 Å². The van der Waals surface area contributed by atoms with Crippen molar-refractivity contribution < 1.29 is 9.59 Å². The summed E-state index contributed by atoms with van der Waals surface area (Å²) in [6, 6.07) is 13.0. The van der Waals surface area contributed by atoms with Crippen molar-refractivity contribution >= 4 is 11.9 Å². The number of nitrogens with two attached hydrogens (primary N) is 1. The first-order chi connectivity index (χ1) is 13.3. The lowest BCUT2D eigenvalue weighted by molar-refractivity contribution is -0.137. The zero-order chi connectivity index (χ0) is 20.7. The SMILES string of the molecule is CC(C)N(C(=O)C(c1cccnc1)C(CNC(N)=O)c1ccccc1)C(C)C. The van der Waals surface area contributed by atoms with Crippen molar-refractivity contribution in [3.8, 4) is 0 Å².